The summed E-state index contributed by atoms with van der Waals surface area (Å²) in [7, 11) is 0. The number of carbonyl (C=O) groups excluding carboxylic acids is 2. The molecule has 0 radical (unpaired) electrons. The molecule has 4 N–H and O–H groups in total. The summed E-state index contributed by atoms with van der Waals surface area (Å²) in [5, 5.41) is 40.5. The lowest BCUT2D eigenvalue weighted by Crippen LogP contribution is -2.56. The number of carbonyl (C=O) groups is 2. The minimum Gasteiger partial charge on any atom is -0.394 e. The Morgan fingerprint density at radius 2 is 1.53 bits per heavy atom. The highest BCUT2D eigenvalue weighted by Gasteiger charge is 2.44. The normalized spacial score (nSPS) is 28.5. The lowest BCUT2D eigenvalue weighted by Gasteiger charge is -2.40. The number of nitrogens with zero attached hydrogens (tertiary/aromatic N) is 1. The minimum absolute atomic E-state index is 0.234. The quantitative estimate of drug-likeness (QED) is 0.377. The van der Waals surface area contributed by atoms with Crippen LogP contribution in [0.25, 0.3) is 10.9 Å². The van der Waals surface area contributed by atoms with E-state index in [2.05, 4.69) is 0 Å². The maximum absolute atomic E-state index is 13.2. The van der Waals surface area contributed by atoms with Crippen LogP contribution in [0.2, 0.25) is 0 Å². The van der Waals surface area contributed by atoms with Gasteiger partial charge >= 0.3 is 0 Å². The van der Waals surface area contributed by atoms with Gasteiger partial charge in [-0.05, 0) is 18.2 Å². The van der Waals surface area contributed by atoms with Crippen LogP contribution in [0.3, 0.4) is 0 Å². The number of aliphatic hydroxyl groups excluding tert-OH is 4. The summed E-state index contributed by atoms with van der Waals surface area (Å²) in [4.78, 5) is 26.1. The predicted molar refractivity (Wildman–Crippen MR) is 104 cm³/mol. The third-order valence-electron chi connectivity index (χ3n) is 5.93. The van der Waals surface area contributed by atoms with E-state index in [4.69, 9.17) is 4.74 Å². The molecule has 2 aliphatic rings. The summed E-state index contributed by atoms with van der Waals surface area (Å²) in [6, 6.07) is 11.5. The van der Waals surface area contributed by atoms with Crippen LogP contribution in [-0.4, -0.2) is 67.6 Å². The van der Waals surface area contributed by atoms with E-state index in [9.17, 15) is 30.0 Å². The zero-order chi connectivity index (χ0) is 21.2. The van der Waals surface area contributed by atoms with Crippen molar-refractivity contribution in [2.24, 2.45) is 0 Å². The van der Waals surface area contributed by atoms with E-state index in [-0.39, 0.29) is 17.1 Å². The molecule has 3 aromatic rings. The number of ketones is 2. The largest absolute Gasteiger partial charge is 0.394 e. The van der Waals surface area contributed by atoms with Gasteiger partial charge in [0.15, 0.2) is 17.8 Å². The lowest BCUT2D eigenvalue weighted by atomic mass is 9.82. The first-order chi connectivity index (χ1) is 14.4. The first-order valence-electron chi connectivity index (χ1n) is 9.56. The molecular formula is C22H19NO7. The van der Waals surface area contributed by atoms with E-state index in [1.165, 1.54) is 4.57 Å². The van der Waals surface area contributed by atoms with Crippen LogP contribution in [0.5, 0.6) is 0 Å². The Bertz CT molecular complexity index is 1180. The molecule has 1 aliphatic carbocycles. The summed E-state index contributed by atoms with van der Waals surface area (Å²) in [6.07, 6.45) is -5.03. The zero-order valence-electron chi connectivity index (χ0n) is 15.7. The summed E-state index contributed by atoms with van der Waals surface area (Å²) in [6.45, 7) is -0.542. The second-order valence-corrected chi connectivity index (χ2v) is 7.57. The van der Waals surface area contributed by atoms with Gasteiger partial charge in [0.2, 0.25) is 0 Å². The van der Waals surface area contributed by atoms with Gasteiger partial charge in [-0.1, -0.05) is 24.3 Å². The molecule has 0 saturated carbocycles. The monoisotopic (exact) mass is 409 g/mol. The smallest absolute Gasteiger partial charge is 0.195 e. The van der Waals surface area contributed by atoms with Crippen molar-refractivity contribution < 1.29 is 34.8 Å². The second kappa shape index (κ2) is 6.83. The molecule has 1 aliphatic heterocycles. The van der Waals surface area contributed by atoms with Crippen LogP contribution >= 0.6 is 0 Å². The summed E-state index contributed by atoms with van der Waals surface area (Å²) in [5.41, 5.74) is 1.79. The van der Waals surface area contributed by atoms with Crippen molar-refractivity contribution >= 4 is 22.5 Å². The molecule has 5 atom stereocenters. The molecule has 8 nitrogen and oxygen atoms in total. The molecular weight excluding hydrogens is 390 g/mol. The summed E-state index contributed by atoms with van der Waals surface area (Å²) >= 11 is 0. The molecule has 0 spiro atoms. The van der Waals surface area contributed by atoms with Gasteiger partial charge < -0.3 is 29.7 Å². The minimum atomic E-state index is -1.52. The maximum Gasteiger partial charge on any atom is 0.195 e. The molecule has 8 heteroatoms. The van der Waals surface area contributed by atoms with E-state index in [0.717, 1.165) is 0 Å². The number of fused-ring (bicyclic) bond motifs is 4. The van der Waals surface area contributed by atoms with Crippen molar-refractivity contribution in [1.82, 2.24) is 4.57 Å². The Labute approximate surface area is 170 Å². The molecule has 0 unspecified atom stereocenters. The van der Waals surface area contributed by atoms with Gasteiger partial charge in [-0.25, -0.2) is 0 Å². The van der Waals surface area contributed by atoms with Crippen LogP contribution < -0.4 is 0 Å². The maximum atomic E-state index is 13.2. The number of hydrogen-bond donors (Lipinski definition) is 4. The van der Waals surface area contributed by atoms with Crippen molar-refractivity contribution in [2.45, 2.75) is 30.6 Å². The Morgan fingerprint density at radius 3 is 2.23 bits per heavy atom. The number of ether oxygens (including phenoxy) is 1. The van der Waals surface area contributed by atoms with E-state index in [0.29, 0.717) is 27.6 Å². The summed E-state index contributed by atoms with van der Waals surface area (Å²) in [5.74, 6) is -0.500. The average molecular weight is 409 g/mol. The van der Waals surface area contributed by atoms with Gasteiger partial charge in [0.25, 0.3) is 0 Å². The van der Waals surface area contributed by atoms with Crippen molar-refractivity contribution in [3.8, 4) is 0 Å². The van der Waals surface area contributed by atoms with E-state index < -0.39 is 37.3 Å². The highest BCUT2D eigenvalue weighted by atomic mass is 16.6. The van der Waals surface area contributed by atoms with Crippen LogP contribution in [0, 0.1) is 0 Å². The van der Waals surface area contributed by atoms with E-state index in [1.807, 2.05) is 0 Å². The Kier molecular flexibility index (Phi) is 4.35. The fraction of sp³-hybridized carbons (Fsp3) is 0.273. The number of benzene rings is 2. The van der Waals surface area contributed by atoms with Gasteiger partial charge in [0.05, 0.1) is 12.1 Å². The number of aromatic nitrogens is 1. The van der Waals surface area contributed by atoms with Crippen molar-refractivity contribution in [1.29, 1.82) is 0 Å². The SMILES string of the molecule is O=C1c2ccccc2C(=O)c2c1ccc1c2ccn1[C@@H]1O[C@H](CO)[C@@H](O)[C@H](O)[C@H]1O. The topological polar surface area (TPSA) is 129 Å². The van der Waals surface area contributed by atoms with Crippen molar-refractivity contribution in [2.75, 3.05) is 6.61 Å². The highest BCUT2D eigenvalue weighted by molar-refractivity contribution is 6.32. The second-order valence-electron chi connectivity index (χ2n) is 7.57. The molecule has 1 saturated heterocycles. The average Bonchev–Trinajstić information content (AvgIpc) is 3.19. The number of rotatable bonds is 2. The highest BCUT2D eigenvalue weighted by Crippen LogP contribution is 2.36. The molecule has 1 aromatic heterocycles. The number of hydrogen-bond acceptors (Lipinski definition) is 7. The molecule has 1 fully saturated rings. The first-order valence-corrected chi connectivity index (χ1v) is 9.56. The molecule has 5 rings (SSSR count). The van der Waals surface area contributed by atoms with Crippen LogP contribution in [0.4, 0.5) is 0 Å². The van der Waals surface area contributed by atoms with E-state index in [1.54, 1.807) is 48.7 Å². The molecule has 0 bridgehead atoms. The van der Waals surface area contributed by atoms with Crippen LogP contribution in [0.15, 0.2) is 48.7 Å². The van der Waals surface area contributed by atoms with Crippen molar-refractivity contribution in [3.63, 3.8) is 0 Å². The Hall–Kier alpha value is -2.88. The van der Waals surface area contributed by atoms with Crippen LogP contribution in [0.1, 0.15) is 38.1 Å². The zero-order valence-corrected chi connectivity index (χ0v) is 15.7. The van der Waals surface area contributed by atoms with Gasteiger partial charge in [-0.15, -0.1) is 0 Å². The summed E-state index contributed by atoms with van der Waals surface area (Å²) < 4.78 is 7.16. The first kappa shape index (κ1) is 19.1. The Morgan fingerprint density at radius 1 is 0.833 bits per heavy atom. The molecule has 2 aromatic carbocycles. The molecule has 0 amide bonds. The van der Waals surface area contributed by atoms with Gasteiger partial charge in [0.1, 0.15) is 24.4 Å². The third kappa shape index (κ3) is 2.52. The van der Waals surface area contributed by atoms with Crippen LogP contribution in [-0.2, 0) is 4.74 Å². The lowest BCUT2D eigenvalue weighted by molar-refractivity contribution is -0.250. The fourth-order valence-electron chi connectivity index (χ4n) is 4.36. The van der Waals surface area contributed by atoms with Gasteiger partial charge in [0, 0.05) is 33.8 Å². The standard InChI is InChI=1S/C22H19NO7/c24-9-15-19(27)20(28)21(29)22(30-15)23-8-7-12-14(23)6-5-13-16(12)18(26)11-4-2-1-3-10(11)17(13)25/h1-8,15,19-22,24,27-29H,9H2/t15-,19-,20+,21-,22-/m1/s1. The van der Waals surface area contributed by atoms with Gasteiger partial charge in [-0.3, -0.25) is 9.59 Å². The third-order valence-corrected chi connectivity index (χ3v) is 5.93. The van der Waals surface area contributed by atoms with E-state index >= 15 is 0 Å². The van der Waals surface area contributed by atoms with Gasteiger partial charge in [-0.2, -0.15) is 0 Å². The fourth-order valence-corrected chi connectivity index (χ4v) is 4.36. The Balaban J connectivity index is 1.65. The number of aliphatic hydroxyl groups is 4. The molecule has 2 heterocycles. The molecule has 154 valence electrons. The predicted octanol–water partition coefficient (Wildman–Crippen LogP) is 0.389. The molecule has 30 heavy (non-hydrogen) atoms. The van der Waals surface area contributed by atoms with Crippen molar-refractivity contribution in [3.05, 3.63) is 70.9 Å².